The van der Waals surface area contributed by atoms with Crippen LogP contribution >= 0.6 is 11.3 Å². The maximum atomic E-state index is 12.7. The smallest absolute Gasteiger partial charge is 0.251 e. The summed E-state index contributed by atoms with van der Waals surface area (Å²) < 4.78 is 6.34. The molecule has 0 unspecified atom stereocenters. The van der Waals surface area contributed by atoms with Gasteiger partial charge in [0.25, 0.3) is 5.91 Å². The van der Waals surface area contributed by atoms with Gasteiger partial charge in [-0.15, -0.1) is 0 Å². The Hall–Kier alpha value is -3.11. The molecule has 0 bridgehead atoms. The molecule has 2 aromatic carbocycles. The minimum atomic E-state index is -1.07. The van der Waals surface area contributed by atoms with E-state index in [1.165, 1.54) is 5.56 Å². The van der Waals surface area contributed by atoms with Crippen LogP contribution in [-0.4, -0.2) is 41.1 Å². The molecular formula is C27H28N2O3S. The molecule has 2 N–H and O–H groups in total. The molecule has 1 amide bonds. The van der Waals surface area contributed by atoms with Crippen molar-refractivity contribution in [3.05, 3.63) is 87.6 Å². The number of benzene rings is 2. The normalized spacial score (nSPS) is 16.0. The highest BCUT2D eigenvalue weighted by atomic mass is 32.1. The number of carbonyl (C=O) groups is 1. The zero-order chi connectivity index (χ0) is 23.3. The molecule has 33 heavy (non-hydrogen) atoms. The number of hydrogen-bond donors (Lipinski definition) is 2. The second kappa shape index (κ2) is 10.2. The fraction of sp³-hybridized carbons (Fsp3) is 0.296. The van der Waals surface area contributed by atoms with Crippen molar-refractivity contribution in [1.29, 1.82) is 0 Å². The van der Waals surface area contributed by atoms with E-state index < -0.39 is 5.60 Å². The van der Waals surface area contributed by atoms with Gasteiger partial charge in [-0.1, -0.05) is 36.1 Å². The van der Waals surface area contributed by atoms with Crippen molar-refractivity contribution >= 4 is 17.2 Å². The molecule has 3 aromatic rings. The van der Waals surface area contributed by atoms with Gasteiger partial charge in [-0.05, 0) is 54.9 Å². The van der Waals surface area contributed by atoms with Gasteiger partial charge >= 0.3 is 0 Å². The Morgan fingerprint density at radius 3 is 2.88 bits per heavy atom. The number of aliphatic hydroxyl groups is 1. The first kappa shape index (κ1) is 23.1. The van der Waals surface area contributed by atoms with Crippen molar-refractivity contribution in [2.75, 3.05) is 19.6 Å². The molecule has 0 fully saturated rings. The Morgan fingerprint density at radius 1 is 1.24 bits per heavy atom. The summed E-state index contributed by atoms with van der Waals surface area (Å²) in [6.45, 7) is 6.02. The molecule has 0 radical (unpaired) electrons. The van der Waals surface area contributed by atoms with Crippen LogP contribution in [0.15, 0.2) is 65.4 Å². The molecule has 0 aliphatic carbocycles. The van der Waals surface area contributed by atoms with Crippen molar-refractivity contribution < 1.29 is 14.6 Å². The zero-order valence-electron chi connectivity index (χ0n) is 18.9. The van der Waals surface area contributed by atoms with Gasteiger partial charge in [0.15, 0.2) is 0 Å². The first-order chi connectivity index (χ1) is 15.9. The van der Waals surface area contributed by atoms with Crippen LogP contribution in [0.3, 0.4) is 0 Å². The lowest BCUT2D eigenvalue weighted by atomic mass is 10.1. The van der Waals surface area contributed by atoms with Crippen LogP contribution < -0.4 is 10.1 Å². The Bertz CT molecular complexity index is 1160. The molecule has 170 valence electrons. The first-order valence-corrected chi connectivity index (χ1v) is 11.9. The highest BCUT2D eigenvalue weighted by Crippen LogP contribution is 2.31. The van der Waals surface area contributed by atoms with Gasteiger partial charge in [-0.25, -0.2) is 0 Å². The number of nitrogens with one attached hydrogen (secondary N) is 1. The number of thiophene rings is 1. The highest BCUT2D eigenvalue weighted by molar-refractivity contribution is 7.07. The Labute approximate surface area is 199 Å². The SMILES string of the molecule is CC(C)(O)C#Cc1cccc(C(=O)NCCN2Cc3ccccc3O[C@H](c3ccsc3)C2)c1. The molecule has 0 saturated carbocycles. The third-order valence-electron chi connectivity index (χ3n) is 5.33. The number of para-hydroxylation sites is 1. The van der Waals surface area contributed by atoms with E-state index in [2.05, 4.69) is 45.0 Å². The summed E-state index contributed by atoms with van der Waals surface area (Å²) in [5.41, 5.74) is 2.51. The van der Waals surface area contributed by atoms with Gasteiger partial charge in [0, 0.05) is 48.4 Å². The maximum Gasteiger partial charge on any atom is 0.251 e. The fourth-order valence-electron chi connectivity index (χ4n) is 3.67. The topological polar surface area (TPSA) is 61.8 Å². The summed E-state index contributed by atoms with van der Waals surface area (Å²) in [6, 6.07) is 17.4. The number of fused-ring (bicyclic) bond motifs is 1. The van der Waals surface area contributed by atoms with E-state index in [0.717, 1.165) is 24.4 Å². The molecule has 0 saturated heterocycles. The Morgan fingerprint density at radius 2 is 2.09 bits per heavy atom. The maximum absolute atomic E-state index is 12.7. The standard InChI is InChI=1S/C27H28N2O3S/c1-27(2,31)12-10-20-6-5-8-21(16-20)26(30)28-13-14-29-17-22-7-3-4-9-24(22)32-25(18-29)23-11-15-33-19-23/h3-9,11,15-16,19,25,31H,13-14,17-18H2,1-2H3,(H,28,30)/t25-/m0/s1. The van der Waals surface area contributed by atoms with Gasteiger partial charge in [0.2, 0.25) is 0 Å². The van der Waals surface area contributed by atoms with Crippen molar-refractivity contribution in [2.45, 2.75) is 32.1 Å². The average molecular weight is 461 g/mol. The number of hydrogen-bond acceptors (Lipinski definition) is 5. The van der Waals surface area contributed by atoms with E-state index in [1.807, 2.05) is 24.3 Å². The number of ether oxygens (including phenoxy) is 1. The van der Waals surface area contributed by atoms with Gasteiger partial charge in [-0.3, -0.25) is 9.69 Å². The van der Waals surface area contributed by atoms with E-state index >= 15 is 0 Å². The van der Waals surface area contributed by atoms with Gasteiger partial charge in [-0.2, -0.15) is 11.3 Å². The van der Waals surface area contributed by atoms with Crippen molar-refractivity contribution in [3.63, 3.8) is 0 Å². The minimum absolute atomic E-state index is 0.0402. The van der Waals surface area contributed by atoms with Crippen molar-refractivity contribution in [2.24, 2.45) is 0 Å². The van der Waals surface area contributed by atoms with E-state index in [1.54, 1.807) is 43.4 Å². The van der Waals surface area contributed by atoms with Crippen LogP contribution in [0.5, 0.6) is 5.75 Å². The van der Waals surface area contributed by atoms with Crippen LogP contribution in [0.25, 0.3) is 0 Å². The number of carbonyl (C=O) groups excluding carboxylic acids is 1. The lowest BCUT2D eigenvalue weighted by Crippen LogP contribution is -2.36. The molecular weight excluding hydrogens is 432 g/mol. The third-order valence-corrected chi connectivity index (χ3v) is 6.03. The molecule has 6 heteroatoms. The molecule has 2 heterocycles. The second-order valence-corrected chi connectivity index (χ2v) is 9.43. The van der Waals surface area contributed by atoms with Crippen LogP contribution in [0, 0.1) is 11.8 Å². The van der Waals surface area contributed by atoms with Crippen LogP contribution in [-0.2, 0) is 6.54 Å². The largest absolute Gasteiger partial charge is 0.484 e. The summed E-state index contributed by atoms with van der Waals surface area (Å²) >= 11 is 1.67. The Balaban J connectivity index is 1.39. The lowest BCUT2D eigenvalue weighted by Gasteiger charge is -2.23. The second-order valence-electron chi connectivity index (χ2n) is 8.65. The van der Waals surface area contributed by atoms with Gasteiger partial charge < -0.3 is 15.2 Å². The fourth-order valence-corrected chi connectivity index (χ4v) is 4.38. The van der Waals surface area contributed by atoms with E-state index in [9.17, 15) is 9.90 Å². The molecule has 5 nitrogen and oxygen atoms in total. The molecule has 1 aromatic heterocycles. The van der Waals surface area contributed by atoms with Crippen molar-refractivity contribution in [1.82, 2.24) is 10.2 Å². The monoisotopic (exact) mass is 460 g/mol. The minimum Gasteiger partial charge on any atom is -0.484 e. The quantitative estimate of drug-likeness (QED) is 0.559. The van der Waals surface area contributed by atoms with Crippen LogP contribution in [0.4, 0.5) is 0 Å². The first-order valence-electron chi connectivity index (χ1n) is 11.0. The van der Waals surface area contributed by atoms with Crippen LogP contribution in [0.2, 0.25) is 0 Å². The highest BCUT2D eigenvalue weighted by Gasteiger charge is 2.24. The summed E-state index contributed by atoms with van der Waals surface area (Å²) in [5, 5.41) is 17.0. The predicted octanol–water partition coefficient (Wildman–Crippen LogP) is 4.24. The van der Waals surface area contributed by atoms with E-state index in [4.69, 9.17) is 4.74 Å². The predicted molar refractivity (Wildman–Crippen MR) is 131 cm³/mol. The van der Waals surface area contributed by atoms with Gasteiger partial charge in [0.05, 0.1) is 0 Å². The molecule has 1 atom stereocenters. The lowest BCUT2D eigenvalue weighted by molar-refractivity contribution is 0.0943. The summed E-state index contributed by atoms with van der Waals surface area (Å²) in [4.78, 5) is 15.0. The summed E-state index contributed by atoms with van der Waals surface area (Å²) in [7, 11) is 0. The van der Waals surface area contributed by atoms with Crippen LogP contribution in [0.1, 0.15) is 47.0 Å². The zero-order valence-corrected chi connectivity index (χ0v) is 19.7. The average Bonchev–Trinajstić information content (AvgIpc) is 3.26. The number of rotatable bonds is 5. The summed E-state index contributed by atoms with van der Waals surface area (Å²) in [6.07, 6.45) is -0.0402. The molecule has 4 rings (SSSR count). The summed E-state index contributed by atoms with van der Waals surface area (Å²) in [5.74, 6) is 6.48. The molecule has 0 spiro atoms. The Kier molecular flexibility index (Phi) is 7.14. The van der Waals surface area contributed by atoms with E-state index in [-0.39, 0.29) is 12.0 Å². The molecule has 1 aliphatic rings. The number of nitrogens with zero attached hydrogens (tertiary/aromatic N) is 1. The van der Waals surface area contributed by atoms with Crippen molar-refractivity contribution in [3.8, 4) is 17.6 Å². The molecule has 1 aliphatic heterocycles. The third kappa shape index (κ3) is 6.45. The number of amides is 1. The van der Waals surface area contributed by atoms with Gasteiger partial charge in [0.1, 0.15) is 17.5 Å². The van der Waals surface area contributed by atoms with E-state index in [0.29, 0.717) is 24.2 Å².